The van der Waals surface area contributed by atoms with Gasteiger partial charge in [-0.05, 0) is 43.5 Å². The maximum atomic E-state index is 13.0. The Labute approximate surface area is 120 Å². The highest BCUT2D eigenvalue weighted by molar-refractivity contribution is 5.95. The molecule has 2 atom stereocenters. The third-order valence-corrected chi connectivity index (χ3v) is 3.90. The van der Waals surface area contributed by atoms with Crippen LogP contribution in [0.1, 0.15) is 35.2 Å². The SMILES string of the molecule is NCC1CCCC1Nc1ccc(C(N)=O)c(C(F)(F)F)c1. The highest BCUT2D eigenvalue weighted by Gasteiger charge is 2.35. The largest absolute Gasteiger partial charge is 0.417 e. The van der Waals surface area contributed by atoms with Crippen molar-refractivity contribution in [1.82, 2.24) is 0 Å². The van der Waals surface area contributed by atoms with Crippen LogP contribution in [0.25, 0.3) is 0 Å². The number of carbonyl (C=O) groups excluding carboxylic acids is 1. The lowest BCUT2D eigenvalue weighted by atomic mass is 10.0. The van der Waals surface area contributed by atoms with Gasteiger partial charge < -0.3 is 16.8 Å². The molecule has 5 N–H and O–H groups in total. The molecule has 4 nitrogen and oxygen atoms in total. The predicted molar refractivity (Wildman–Crippen MR) is 73.8 cm³/mol. The fraction of sp³-hybridized carbons (Fsp3) is 0.500. The summed E-state index contributed by atoms with van der Waals surface area (Å²) in [7, 11) is 0. The van der Waals surface area contributed by atoms with Gasteiger partial charge in [0.1, 0.15) is 0 Å². The van der Waals surface area contributed by atoms with E-state index in [0.29, 0.717) is 12.2 Å². The Kier molecular flexibility index (Phi) is 4.41. The van der Waals surface area contributed by atoms with E-state index in [0.717, 1.165) is 31.4 Å². The summed E-state index contributed by atoms with van der Waals surface area (Å²) in [4.78, 5) is 11.1. The van der Waals surface area contributed by atoms with E-state index in [1.165, 1.54) is 6.07 Å². The van der Waals surface area contributed by atoms with Crippen molar-refractivity contribution >= 4 is 11.6 Å². The van der Waals surface area contributed by atoms with Gasteiger partial charge in [0.2, 0.25) is 5.91 Å². The molecule has 1 aliphatic rings. The van der Waals surface area contributed by atoms with Crippen LogP contribution in [0.4, 0.5) is 18.9 Å². The molecular weight excluding hydrogens is 283 g/mol. The number of nitrogens with one attached hydrogen (secondary N) is 1. The summed E-state index contributed by atoms with van der Waals surface area (Å²) in [6.07, 6.45) is -1.77. The topological polar surface area (TPSA) is 81.1 Å². The van der Waals surface area contributed by atoms with Gasteiger partial charge in [-0.15, -0.1) is 0 Å². The van der Waals surface area contributed by atoms with Crippen LogP contribution in [0.2, 0.25) is 0 Å². The first-order chi connectivity index (χ1) is 9.82. The summed E-state index contributed by atoms with van der Waals surface area (Å²) < 4.78 is 39.0. The monoisotopic (exact) mass is 301 g/mol. The average molecular weight is 301 g/mol. The van der Waals surface area contributed by atoms with Gasteiger partial charge in [-0.25, -0.2) is 0 Å². The van der Waals surface area contributed by atoms with Gasteiger partial charge in [-0.2, -0.15) is 13.2 Å². The lowest BCUT2D eigenvalue weighted by Gasteiger charge is -2.22. The van der Waals surface area contributed by atoms with Crippen molar-refractivity contribution in [2.45, 2.75) is 31.5 Å². The second-order valence-corrected chi connectivity index (χ2v) is 5.30. The molecule has 2 rings (SSSR count). The van der Waals surface area contributed by atoms with Crippen molar-refractivity contribution in [3.05, 3.63) is 29.3 Å². The molecule has 0 heterocycles. The van der Waals surface area contributed by atoms with Gasteiger partial charge in [-0.1, -0.05) is 6.42 Å². The Bertz CT molecular complexity index is 531. The maximum absolute atomic E-state index is 13.0. The maximum Gasteiger partial charge on any atom is 0.417 e. The molecule has 1 saturated carbocycles. The Balaban J connectivity index is 2.27. The smallest absolute Gasteiger partial charge is 0.382 e. The van der Waals surface area contributed by atoms with Gasteiger partial charge >= 0.3 is 6.18 Å². The molecule has 1 aliphatic carbocycles. The Morgan fingerprint density at radius 2 is 2.05 bits per heavy atom. The summed E-state index contributed by atoms with van der Waals surface area (Å²) >= 11 is 0. The predicted octanol–water partition coefficient (Wildman–Crippen LogP) is 2.34. The van der Waals surface area contributed by atoms with E-state index in [4.69, 9.17) is 11.5 Å². The number of hydrogen-bond acceptors (Lipinski definition) is 3. The van der Waals surface area contributed by atoms with Crippen molar-refractivity contribution in [1.29, 1.82) is 0 Å². The van der Waals surface area contributed by atoms with Crippen molar-refractivity contribution < 1.29 is 18.0 Å². The summed E-state index contributed by atoms with van der Waals surface area (Å²) in [6.45, 7) is 0.503. The van der Waals surface area contributed by atoms with E-state index in [2.05, 4.69) is 5.32 Å². The van der Waals surface area contributed by atoms with Gasteiger partial charge in [0, 0.05) is 11.7 Å². The normalized spacial score (nSPS) is 22.3. The highest BCUT2D eigenvalue weighted by atomic mass is 19.4. The molecule has 1 amide bonds. The fourth-order valence-electron chi connectivity index (χ4n) is 2.81. The average Bonchev–Trinajstić information content (AvgIpc) is 2.84. The molecular formula is C14H18F3N3O. The minimum Gasteiger partial charge on any atom is -0.382 e. The first kappa shape index (κ1) is 15.6. The summed E-state index contributed by atoms with van der Waals surface area (Å²) in [5, 5.41) is 3.09. The molecule has 1 aromatic carbocycles. The second kappa shape index (κ2) is 5.93. The van der Waals surface area contributed by atoms with Crippen LogP contribution in [-0.2, 0) is 6.18 Å². The number of halogens is 3. The Morgan fingerprint density at radius 3 is 2.62 bits per heavy atom. The minimum absolute atomic E-state index is 0.0653. The Morgan fingerprint density at radius 1 is 1.33 bits per heavy atom. The van der Waals surface area contributed by atoms with E-state index < -0.39 is 23.2 Å². The summed E-state index contributed by atoms with van der Waals surface area (Å²) in [5.74, 6) is -0.829. The van der Waals surface area contributed by atoms with Crippen LogP contribution in [0.5, 0.6) is 0 Å². The van der Waals surface area contributed by atoms with Gasteiger partial charge in [0.05, 0.1) is 11.1 Å². The molecule has 116 valence electrons. The van der Waals surface area contributed by atoms with Crippen LogP contribution < -0.4 is 16.8 Å². The Hall–Kier alpha value is -1.76. The lowest BCUT2D eigenvalue weighted by Crippen LogP contribution is -2.29. The van der Waals surface area contributed by atoms with Gasteiger partial charge in [-0.3, -0.25) is 4.79 Å². The quantitative estimate of drug-likeness (QED) is 0.798. The molecule has 1 aromatic rings. The summed E-state index contributed by atoms with van der Waals surface area (Å²) in [6, 6.07) is 3.56. The zero-order valence-corrected chi connectivity index (χ0v) is 11.4. The minimum atomic E-state index is -4.62. The molecule has 0 saturated heterocycles. The third kappa shape index (κ3) is 3.47. The van der Waals surface area contributed by atoms with E-state index in [-0.39, 0.29) is 12.0 Å². The molecule has 0 aromatic heterocycles. The van der Waals surface area contributed by atoms with E-state index in [1.807, 2.05) is 0 Å². The van der Waals surface area contributed by atoms with Crippen molar-refractivity contribution in [3.63, 3.8) is 0 Å². The molecule has 1 fully saturated rings. The molecule has 0 radical (unpaired) electrons. The number of primary amides is 1. The molecule has 2 unspecified atom stereocenters. The zero-order chi connectivity index (χ0) is 15.6. The van der Waals surface area contributed by atoms with E-state index in [9.17, 15) is 18.0 Å². The van der Waals surface area contributed by atoms with Crippen molar-refractivity contribution in [3.8, 4) is 0 Å². The van der Waals surface area contributed by atoms with Gasteiger partial charge in [0.15, 0.2) is 0 Å². The third-order valence-electron chi connectivity index (χ3n) is 3.90. The number of nitrogens with two attached hydrogens (primary N) is 2. The van der Waals surface area contributed by atoms with Crippen LogP contribution in [0, 0.1) is 5.92 Å². The van der Waals surface area contributed by atoms with Crippen LogP contribution in [-0.4, -0.2) is 18.5 Å². The highest BCUT2D eigenvalue weighted by Crippen LogP contribution is 2.35. The number of amides is 1. The number of anilines is 1. The number of carbonyl (C=O) groups is 1. The molecule has 0 spiro atoms. The first-order valence-corrected chi connectivity index (χ1v) is 6.80. The fourth-order valence-corrected chi connectivity index (χ4v) is 2.81. The van der Waals surface area contributed by atoms with Crippen LogP contribution in [0.3, 0.4) is 0 Å². The molecule has 21 heavy (non-hydrogen) atoms. The van der Waals surface area contributed by atoms with E-state index >= 15 is 0 Å². The number of hydrogen-bond donors (Lipinski definition) is 3. The number of rotatable bonds is 4. The van der Waals surface area contributed by atoms with Gasteiger partial charge in [0.25, 0.3) is 0 Å². The number of benzene rings is 1. The number of alkyl halides is 3. The van der Waals surface area contributed by atoms with E-state index in [1.54, 1.807) is 0 Å². The van der Waals surface area contributed by atoms with Crippen LogP contribution >= 0.6 is 0 Å². The van der Waals surface area contributed by atoms with Crippen molar-refractivity contribution in [2.24, 2.45) is 17.4 Å². The summed E-state index contributed by atoms with van der Waals surface area (Å²) in [5.41, 5.74) is 9.45. The van der Waals surface area contributed by atoms with Crippen LogP contribution in [0.15, 0.2) is 18.2 Å². The molecule has 0 bridgehead atoms. The second-order valence-electron chi connectivity index (χ2n) is 5.30. The zero-order valence-electron chi connectivity index (χ0n) is 11.4. The standard InChI is InChI=1S/C14H18F3N3O/c15-14(16,17)11-6-9(4-5-10(11)13(19)21)20-12-3-1-2-8(12)7-18/h4-6,8,12,20H,1-3,7,18H2,(H2,19,21). The molecule has 7 heteroatoms. The van der Waals surface area contributed by atoms with Crippen molar-refractivity contribution in [2.75, 3.05) is 11.9 Å². The first-order valence-electron chi connectivity index (χ1n) is 6.80. The lowest BCUT2D eigenvalue weighted by molar-refractivity contribution is -0.137. The molecule has 0 aliphatic heterocycles.